The Morgan fingerprint density at radius 1 is 1.17 bits per heavy atom. The van der Waals surface area contributed by atoms with Gasteiger partial charge in [-0.3, -0.25) is 4.79 Å². The maximum Gasteiger partial charge on any atom is 0.254 e. The first-order valence-corrected chi connectivity index (χ1v) is 11.0. The van der Waals surface area contributed by atoms with Crippen LogP contribution in [0.3, 0.4) is 0 Å². The first-order chi connectivity index (χ1) is 14.5. The molecule has 2 aromatic carbocycles. The summed E-state index contributed by atoms with van der Waals surface area (Å²) in [6, 6.07) is 15.3. The van der Waals surface area contributed by atoms with E-state index >= 15 is 0 Å². The molecule has 1 aromatic heterocycles. The van der Waals surface area contributed by atoms with Crippen molar-refractivity contribution < 1.29 is 14.3 Å². The number of carbonyl (C=O) groups is 1. The molecule has 0 saturated carbocycles. The number of ether oxygens (including phenoxy) is 2. The van der Waals surface area contributed by atoms with Gasteiger partial charge in [0.2, 0.25) is 0 Å². The molecule has 0 spiro atoms. The lowest BCUT2D eigenvalue weighted by Crippen LogP contribution is -2.37. The molecule has 0 fully saturated rings. The highest BCUT2D eigenvalue weighted by Gasteiger charge is 2.22. The molecule has 1 heterocycles. The summed E-state index contributed by atoms with van der Waals surface area (Å²) in [5, 5.41) is 2.89. The van der Waals surface area contributed by atoms with Crippen LogP contribution in [0.2, 0.25) is 0 Å². The largest absolute Gasteiger partial charge is 0.497 e. The third kappa shape index (κ3) is 5.60. The Labute approximate surface area is 182 Å². The van der Waals surface area contributed by atoms with Crippen LogP contribution in [0.25, 0.3) is 0 Å². The van der Waals surface area contributed by atoms with Crippen molar-refractivity contribution in [3.8, 4) is 11.5 Å². The lowest BCUT2D eigenvalue weighted by molar-refractivity contribution is 0.0668. The fraction of sp³-hybridized carbons (Fsp3) is 0.333. The fourth-order valence-corrected chi connectivity index (χ4v) is 3.71. The molecule has 6 heteroatoms. The molecule has 0 aliphatic heterocycles. The van der Waals surface area contributed by atoms with Crippen LogP contribution in [0.15, 0.2) is 53.9 Å². The van der Waals surface area contributed by atoms with E-state index in [-0.39, 0.29) is 11.9 Å². The highest BCUT2D eigenvalue weighted by molar-refractivity contribution is 7.09. The first kappa shape index (κ1) is 21.8. The smallest absolute Gasteiger partial charge is 0.254 e. The van der Waals surface area contributed by atoms with Gasteiger partial charge in [0.05, 0.1) is 19.3 Å². The van der Waals surface area contributed by atoms with Crippen molar-refractivity contribution in [2.24, 2.45) is 0 Å². The normalized spacial score (nSPS) is 11.7. The molecule has 1 amide bonds. The molecule has 30 heavy (non-hydrogen) atoms. The summed E-state index contributed by atoms with van der Waals surface area (Å²) < 4.78 is 11.1. The average Bonchev–Trinajstić information content (AvgIpc) is 3.23. The van der Waals surface area contributed by atoms with Crippen molar-refractivity contribution in [1.29, 1.82) is 0 Å². The van der Waals surface area contributed by atoms with Gasteiger partial charge in [0.15, 0.2) is 0 Å². The molecular formula is C24H28N2O3S. The second kappa shape index (κ2) is 10.3. The van der Waals surface area contributed by atoms with Crippen LogP contribution >= 0.6 is 11.3 Å². The Hall–Kier alpha value is -2.86. The minimum atomic E-state index is -0.0197. The van der Waals surface area contributed by atoms with E-state index in [1.165, 1.54) is 5.56 Å². The second-order valence-corrected chi connectivity index (χ2v) is 8.20. The summed E-state index contributed by atoms with van der Waals surface area (Å²) in [6.07, 6.45) is 0.864. The monoisotopic (exact) mass is 424 g/mol. The predicted molar refractivity (Wildman–Crippen MR) is 120 cm³/mol. The predicted octanol–water partition coefficient (Wildman–Crippen LogP) is 5.48. The van der Waals surface area contributed by atoms with Gasteiger partial charge >= 0.3 is 0 Å². The quantitative estimate of drug-likeness (QED) is 0.456. The van der Waals surface area contributed by atoms with Gasteiger partial charge in [-0.2, -0.15) is 0 Å². The molecule has 1 unspecified atom stereocenters. The minimum absolute atomic E-state index is 0.0197. The topological polar surface area (TPSA) is 51.7 Å². The Bertz CT molecular complexity index is 969. The van der Waals surface area contributed by atoms with Gasteiger partial charge in [0.25, 0.3) is 5.91 Å². The molecule has 0 N–H and O–H groups in total. The van der Waals surface area contributed by atoms with Crippen molar-refractivity contribution in [2.45, 2.75) is 46.4 Å². The molecular weight excluding hydrogens is 396 g/mol. The number of nitrogens with zero attached hydrogens (tertiary/aromatic N) is 2. The van der Waals surface area contributed by atoms with Crippen LogP contribution in [0, 0.1) is 6.92 Å². The number of carbonyl (C=O) groups excluding carboxylic acids is 1. The summed E-state index contributed by atoms with van der Waals surface area (Å²) in [7, 11) is 1.60. The zero-order valence-corrected chi connectivity index (χ0v) is 18.7. The van der Waals surface area contributed by atoms with E-state index in [9.17, 15) is 4.79 Å². The number of methoxy groups -OCH3 is 1. The van der Waals surface area contributed by atoms with E-state index in [0.717, 1.165) is 22.9 Å². The maximum atomic E-state index is 13.2. The second-order valence-electron chi connectivity index (χ2n) is 7.26. The van der Waals surface area contributed by atoms with E-state index in [1.807, 2.05) is 59.7 Å². The van der Waals surface area contributed by atoms with E-state index in [4.69, 9.17) is 9.47 Å². The molecule has 0 bridgehead atoms. The van der Waals surface area contributed by atoms with Crippen LogP contribution in [-0.4, -0.2) is 28.9 Å². The minimum Gasteiger partial charge on any atom is -0.497 e. The molecule has 0 saturated heterocycles. The number of aromatic nitrogens is 1. The lowest BCUT2D eigenvalue weighted by Gasteiger charge is -2.28. The Morgan fingerprint density at radius 2 is 1.93 bits per heavy atom. The van der Waals surface area contributed by atoms with E-state index in [1.54, 1.807) is 24.5 Å². The number of hydrogen-bond acceptors (Lipinski definition) is 5. The van der Waals surface area contributed by atoms with Crippen LogP contribution in [0.5, 0.6) is 11.5 Å². The molecule has 0 aliphatic carbocycles. The molecule has 3 rings (SSSR count). The van der Waals surface area contributed by atoms with Gasteiger partial charge in [-0.1, -0.05) is 30.7 Å². The van der Waals surface area contributed by atoms with Crippen LogP contribution in [0.4, 0.5) is 0 Å². The van der Waals surface area contributed by atoms with Crippen LogP contribution in [0.1, 0.15) is 46.9 Å². The molecule has 158 valence electrons. The molecule has 1 atom stereocenters. The zero-order valence-electron chi connectivity index (χ0n) is 17.9. The average molecular weight is 425 g/mol. The zero-order chi connectivity index (χ0) is 21.5. The third-order valence-electron chi connectivity index (χ3n) is 5.02. The standard InChI is InChI=1S/C24H28N2O3S/c1-5-18(3)26(24(27)19-7-6-8-22(13-19)28-4)14-20-16-30-23(25-20)15-29-21-11-9-17(2)10-12-21/h6-13,16,18H,5,14-15H2,1-4H3. The van der Waals surface area contributed by atoms with Gasteiger partial charge in [0, 0.05) is 17.0 Å². The molecule has 0 radical (unpaired) electrons. The lowest BCUT2D eigenvalue weighted by atomic mass is 10.1. The first-order valence-electron chi connectivity index (χ1n) is 10.1. The number of hydrogen-bond donors (Lipinski definition) is 0. The fourth-order valence-electron chi connectivity index (χ4n) is 3.01. The van der Waals surface area contributed by atoms with E-state index in [0.29, 0.717) is 24.5 Å². The van der Waals surface area contributed by atoms with Crippen molar-refractivity contribution in [2.75, 3.05) is 7.11 Å². The van der Waals surface area contributed by atoms with Crippen LogP contribution < -0.4 is 9.47 Å². The number of thiazole rings is 1. The van der Waals surface area contributed by atoms with Gasteiger partial charge in [-0.05, 0) is 50.6 Å². The van der Waals surface area contributed by atoms with Gasteiger partial charge < -0.3 is 14.4 Å². The van der Waals surface area contributed by atoms with Crippen molar-refractivity contribution in [3.63, 3.8) is 0 Å². The van der Waals surface area contributed by atoms with Crippen molar-refractivity contribution in [3.05, 3.63) is 75.7 Å². The van der Waals surface area contributed by atoms with E-state index in [2.05, 4.69) is 18.8 Å². The summed E-state index contributed by atoms with van der Waals surface area (Å²) in [5.74, 6) is 1.48. The number of aryl methyl sites for hydroxylation is 1. The summed E-state index contributed by atoms with van der Waals surface area (Å²) in [6.45, 7) is 7.07. The number of rotatable bonds is 9. The van der Waals surface area contributed by atoms with Crippen molar-refractivity contribution in [1.82, 2.24) is 9.88 Å². The van der Waals surface area contributed by atoms with Gasteiger partial charge in [0.1, 0.15) is 23.1 Å². The molecule has 3 aromatic rings. The molecule has 0 aliphatic rings. The number of benzene rings is 2. The van der Waals surface area contributed by atoms with Crippen LogP contribution in [-0.2, 0) is 13.2 Å². The summed E-state index contributed by atoms with van der Waals surface area (Å²) >= 11 is 1.55. The van der Waals surface area contributed by atoms with Gasteiger partial charge in [-0.15, -0.1) is 11.3 Å². The highest BCUT2D eigenvalue weighted by Crippen LogP contribution is 2.21. The van der Waals surface area contributed by atoms with Crippen molar-refractivity contribution >= 4 is 17.2 Å². The SMILES string of the molecule is CCC(C)N(Cc1csc(COc2ccc(C)cc2)n1)C(=O)c1cccc(OC)c1. The maximum absolute atomic E-state index is 13.2. The summed E-state index contributed by atoms with van der Waals surface area (Å²) in [4.78, 5) is 19.7. The van der Waals surface area contributed by atoms with Gasteiger partial charge in [-0.25, -0.2) is 4.98 Å². The Kier molecular flexibility index (Phi) is 7.46. The number of amides is 1. The summed E-state index contributed by atoms with van der Waals surface area (Å²) in [5.41, 5.74) is 2.69. The Morgan fingerprint density at radius 3 is 2.63 bits per heavy atom. The third-order valence-corrected chi connectivity index (χ3v) is 5.89. The Balaban J connectivity index is 1.69. The molecule has 5 nitrogen and oxygen atoms in total. The highest BCUT2D eigenvalue weighted by atomic mass is 32.1. The van der Waals surface area contributed by atoms with E-state index < -0.39 is 0 Å².